The summed E-state index contributed by atoms with van der Waals surface area (Å²) in [6.07, 6.45) is 0. The maximum atomic E-state index is 5.72. The number of hydrogen-bond acceptors (Lipinski definition) is 6. The Balaban J connectivity index is 1.48. The quantitative estimate of drug-likeness (QED) is 0.222. The molecule has 0 bridgehead atoms. The van der Waals surface area contributed by atoms with Crippen molar-refractivity contribution in [1.29, 1.82) is 0 Å². The van der Waals surface area contributed by atoms with Gasteiger partial charge in [0.15, 0.2) is 11.5 Å². The SMILES string of the molecule is COc1ccc(-c2cc(/C(C)=N\OCc3ccc4c(c3)OCO4)c(C)n2-c2cccc(OC)c2)cc1. The molecule has 2 heterocycles. The Morgan fingerprint density at radius 3 is 2.44 bits per heavy atom. The average molecular weight is 485 g/mol. The zero-order valence-electron chi connectivity index (χ0n) is 20.8. The van der Waals surface area contributed by atoms with E-state index in [2.05, 4.69) is 40.9 Å². The number of ether oxygens (including phenoxy) is 4. The molecule has 0 radical (unpaired) electrons. The molecule has 1 aliphatic heterocycles. The summed E-state index contributed by atoms with van der Waals surface area (Å²) in [5.41, 5.74) is 6.87. The monoisotopic (exact) mass is 484 g/mol. The van der Waals surface area contributed by atoms with Crippen molar-refractivity contribution in [2.24, 2.45) is 5.16 Å². The summed E-state index contributed by atoms with van der Waals surface area (Å²) >= 11 is 0. The van der Waals surface area contributed by atoms with E-state index in [4.69, 9.17) is 23.8 Å². The van der Waals surface area contributed by atoms with E-state index in [1.54, 1.807) is 14.2 Å². The number of nitrogens with zero attached hydrogens (tertiary/aromatic N) is 2. The second kappa shape index (κ2) is 10.1. The second-order valence-electron chi connectivity index (χ2n) is 8.43. The third-order valence-corrected chi connectivity index (χ3v) is 6.20. The largest absolute Gasteiger partial charge is 0.497 e. The molecule has 0 amide bonds. The molecule has 0 unspecified atom stereocenters. The smallest absolute Gasteiger partial charge is 0.231 e. The van der Waals surface area contributed by atoms with Crippen molar-refractivity contribution in [2.75, 3.05) is 21.0 Å². The van der Waals surface area contributed by atoms with Gasteiger partial charge in [-0.05, 0) is 79.6 Å². The number of aromatic nitrogens is 1. The highest BCUT2D eigenvalue weighted by atomic mass is 16.7. The van der Waals surface area contributed by atoms with Gasteiger partial charge in [0, 0.05) is 23.0 Å². The highest BCUT2D eigenvalue weighted by molar-refractivity contribution is 6.01. The molecular formula is C29H28N2O5. The van der Waals surface area contributed by atoms with E-state index in [1.807, 2.05) is 55.5 Å². The fourth-order valence-corrected chi connectivity index (χ4v) is 4.31. The minimum Gasteiger partial charge on any atom is -0.497 e. The Kier molecular flexibility index (Phi) is 6.54. The minimum absolute atomic E-state index is 0.247. The zero-order chi connectivity index (χ0) is 25.1. The number of hydrogen-bond donors (Lipinski definition) is 0. The lowest BCUT2D eigenvalue weighted by Gasteiger charge is -2.14. The Bertz CT molecular complexity index is 1410. The number of methoxy groups -OCH3 is 2. The molecule has 1 aliphatic rings. The maximum Gasteiger partial charge on any atom is 0.231 e. The summed E-state index contributed by atoms with van der Waals surface area (Å²) < 4.78 is 23.9. The molecule has 1 aromatic heterocycles. The molecule has 7 nitrogen and oxygen atoms in total. The van der Waals surface area contributed by atoms with Crippen LogP contribution in [0.3, 0.4) is 0 Å². The summed E-state index contributed by atoms with van der Waals surface area (Å²) in [4.78, 5) is 5.72. The maximum absolute atomic E-state index is 5.72. The summed E-state index contributed by atoms with van der Waals surface area (Å²) in [5.74, 6) is 3.08. The summed E-state index contributed by atoms with van der Waals surface area (Å²) in [6.45, 7) is 4.61. The molecule has 0 atom stereocenters. The number of benzene rings is 3. The van der Waals surface area contributed by atoms with Crippen LogP contribution in [-0.2, 0) is 11.4 Å². The summed E-state index contributed by atoms with van der Waals surface area (Å²) in [6, 6.07) is 23.9. The lowest BCUT2D eigenvalue weighted by atomic mass is 10.1. The highest BCUT2D eigenvalue weighted by Gasteiger charge is 2.18. The molecule has 0 aliphatic carbocycles. The number of rotatable bonds is 8. The van der Waals surface area contributed by atoms with E-state index in [0.717, 1.165) is 62.5 Å². The van der Waals surface area contributed by atoms with Gasteiger partial charge in [-0.25, -0.2) is 0 Å². The molecule has 0 saturated carbocycles. The van der Waals surface area contributed by atoms with E-state index in [1.165, 1.54) is 0 Å². The number of oxime groups is 1. The summed E-state index contributed by atoms with van der Waals surface area (Å²) in [5, 5.41) is 4.43. The van der Waals surface area contributed by atoms with Crippen LogP contribution < -0.4 is 18.9 Å². The van der Waals surface area contributed by atoms with Crippen LogP contribution in [0.5, 0.6) is 23.0 Å². The zero-order valence-corrected chi connectivity index (χ0v) is 20.8. The molecule has 5 rings (SSSR count). The van der Waals surface area contributed by atoms with Crippen LogP contribution in [0.15, 0.2) is 78.0 Å². The molecule has 184 valence electrons. The minimum atomic E-state index is 0.247. The van der Waals surface area contributed by atoms with Crippen LogP contribution in [0, 0.1) is 6.92 Å². The Hall–Kier alpha value is -4.39. The third kappa shape index (κ3) is 4.60. The Morgan fingerprint density at radius 1 is 0.889 bits per heavy atom. The van der Waals surface area contributed by atoms with Crippen molar-refractivity contribution in [3.05, 3.63) is 89.6 Å². The van der Waals surface area contributed by atoms with Crippen molar-refractivity contribution >= 4 is 5.71 Å². The van der Waals surface area contributed by atoms with Crippen LogP contribution in [0.1, 0.15) is 23.7 Å². The first kappa shape index (κ1) is 23.4. The van der Waals surface area contributed by atoms with Gasteiger partial charge >= 0.3 is 0 Å². The van der Waals surface area contributed by atoms with Gasteiger partial charge in [-0.2, -0.15) is 0 Å². The van der Waals surface area contributed by atoms with Crippen molar-refractivity contribution in [3.8, 4) is 39.9 Å². The molecule has 0 spiro atoms. The van der Waals surface area contributed by atoms with Crippen LogP contribution in [0.2, 0.25) is 0 Å². The standard InChI is InChI=1S/C29H28N2O5/c1-19(30-36-17-21-8-13-28-29(14-21)35-18-34-28)26-16-27(22-9-11-24(32-3)12-10-22)31(20(26)2)23-6-5-7-25(15-23)33-4/h5-16H,17-18H2,1-4H3/b30-19-. The van der Waals surface area contributed by atoms with Crippen molar-refractivity contribution < 1.29 is 23.8 Å². The van der Waals surface area contributed by atoms with Gasteiger partial charge in [-0.1, -0.05) is 17.3 Å². The van der Waals surface area contributed by atoms with Gasteiger partial charge in [-0.15, -0.1) is 0 Å². The highest BCUT2D eigenvalue weighted by Crippen LogP contribution is 2.34. The van der Waals surface area contributed by atoms with E-state index < -0.39 is 0 Å². The Labute approximate surface area is 210 Å². The topological polar surface area (TPSA) is 63.4 Å². The Morgan fingerprint density at radius 2 is 1.67 bits per heavy atom. The molecule has 3 aromatic carbocycles. The van der Waals surface area contributed by atoms with Gasteiger partial charge in [0.2, 0.25) is 6.79 Å². The third-order valence-electron chi connectivity index (χ3n) is 6.20. The predicted octanol–water partition coefficient (Wildman–Crippen LogP) is 6.14. The normalized spacial score (nSPS) is 12.5. The molecule has 0 saturated heterocycles. The van der Waals surface area contributed by atoms with Gasteiger partial charge in [0.25, 0.3) is 0 Å². The van der Waals surface area contributed by atoms with Crippen molar-refractivity contribution in [1.82, 2.24) is 4.57 Å². The summed E-state index contributed by atoms with van der Waals surface area (Å²) in [7, 11) is 3.34. The first-order valence-electron chi connectivity index (χ1n) is 11.6. The van der Waals surface area contributed by atoms with E-state index in [-0.39, 0.29) is 6.79 Å². The van der Waals surface area contributed by atoms with E-state index >= 15 is 0 Å². The molecular weight excluding hydrogens is 456 g/mol. The molecule has 7 heteroatoms. The van der Waals surface area contributed by atoms with Crippen molar-refractivity contribution in [2.45, 2.75) is 20.5 Å². The van der Waals surface area contributed by atoms with Crippen LogP contribution in [0.4, 0.5) is 0 Å². The van der Waals surface area contributed by atoms with E-state index in [9.17, 15) is 0 Å². The molecule has 0 fully saturated rings. The van der Waals surface area contributed by atoms with Crippen molar-refractivity contribution in [3.63, 3.8) is 0 Å². The first-order valence-corrected chi connectivity index (χ1v) is 11.6. The lowest BCUT2D eigenvalue weighted by molar-refractivity contribution is 0.130. The van der Waals surface area contributed by atoms with Crippen LogP contribution in [0.25, 0.3) is 16.9 Å². The van der Waals surface area contributed by atoms with Crippen LogP contribution in [-0.4, -0.2) is 31.3 Å². The lowest BCUT2D eigenvalue weighted by Crippen LogP contribution is -2.03. The predicted molar refractivity (Wildman–Crippen MR) is 139 cm³/mol. The van der Waals surface area contributed by atoms with Gasteiger partial charge < -0.3 is 28.4 Å². The van der Waals surface area contributed by atoms with Gasteiger partial charge in [-0.3, -0.25) is 0 Å². The fourth-order valence-electron chi connectivity index (χ4n) is 4.31. The number of fused-ring (bicyclic) bond motifs is 1. The average Bonchev–Trinajstić information content (AvgIpc) is 3.52. The molecule has 4 aromatic rings. The van der Waals surface area contributed by atoms with Gasteiger partial charge in [0.1, 0.15) is 18.1 Å². The molecule has 0 N–H and O–H groups in total. The fraction of sp³-hybridized carbons (Fsp3) is 0.207. The van der Waals surface area contributed by atoms with Gasteiger partial charge in [0.05, 0.1) is 25.6 Å². The molecule has 36 heavy (non-hydrogen) atoms. The second-order valence-corrected chi connectivity index (χ2v) is 8.43. The van der Waals surface area contributed by atoms with E-state index in [0.29, 0.717) is 6.61 Å². The van der Waals surface area contributed by atoms with Crippen LogP contribution >= 0.6 is 0 Å². The first-order chi connectivity index (χ1) is 17.6.